The molecule has 0 aliphatic rings. The Morgan fingerprint density at radius 1 is 1.03 bits per heavy atom. The van der Waals surface area contributed by atoms with Gasteiger partial charge in [0.05, 0.1) is 11.3 Å². The van der Waals surface area contributed by atoms with E-state index in [4.69, 9.17) is 9.94 Å². The number of carbonyl (C=O) groups is 1. The van der Waals surface area contributed by atoms with E-state index in [1.54, 1.807) is 67.6 Å². The van der Waals surface area contributed by atoms with Crippen molar-refractivity contribution in [3.05, 3.63) is 95.1 Å². The van der Waals surface area contributed by atoms with E-state index in [0.29, 0.717) is 23.4 Å². The van der Waals surface area contributed by atoms with E-state index >= 15 is 0 Å². The molecule has 9 heteroatoms. The van der Waals surface area contributed by atoms with Crippen LogP contribution in [0, 0.1) is 0 Å². The van der Waals surface area contributed by atoms with Gasteiger partial charge in [0.1, 0.15) is 6.61 Å². The van der Waals surface area contributed by atoms with Gasteiger partial charge in [-0.05, 0) is 40.8 Å². The van der Waals surface area contributed by atoms with Gasteiger partial charge in [-0.25, -0.2) is 9.18 Å². The van der Waals surface area contributed by atoms with Crippen LogP contribution >= 0.6 is 0 Å². The first-order valence-corrected chi connectivity index (χ1v) is 10.7. The lowest BCUT2D eigenvalue weighted by molar-refractivity contribution is -0.142. The molecule has 0 aromatic heterocycles. The fourth-order valence-corrected chi connectivity index (χ4v) is 3.34. The highest BCUT2D eigenvalue weighted by Crippen LogP contribution is 2.37. The van der Waals surface area contributed by atoms with Crippen LogP contribution in [0.5, 0.6) is 0 Å². The van der Waals surface area contributed by atoms with Gasteiger partial charge >= 0.3 is 12.1 Å². The number of carboxylic acids is 1. The smallest absolute Gasteiger partial charge is 0.417 e. The first kappa shape index (κ1) is 25.9. The number of hydrogen-bond donors (Lipinski definition) is 2. The van der Waals surface area contributed by atoms with E-state index in [0.717, 1.165) is 17.2 Å². The van der Waals surface area contributed by atoms with Gasteiger partial charge in [0.2, 0.25) is 6.17 Å². The summed E-state index contributed by atoms with van der Waals surface area (Å²) in [5, 5.41) is 15.3. The van der Waals surface area contributed by atoms with E-state index in [1.165, 1.54) is 6.07 Å². The molecule has 0 spiro atoms. The first-order chi connectivity index (χ1) is 16.6. The van der Waals surface area contributed by atoms with Gasteiger partial charge < -0.3 is 15.3 Å². The molecular formula is C26H24F4N2O3. The van der Waals surface area contributed by atoms with Crippen LogP contribution in [-0.4, -0.2) is 29.5 Å². The molecule has 0 aliphatic heterocycles. The van der Waals surface area contributed by atoms with Crippen molar-refractivity contribution in [2.24, 2.45) is 5.16 Å². The third-order valence-electron chi connectivity index (χ3n) is 5.20. The fourth-order valence-electron chi connectivity index (χ4n) is 3.34. The minimum Gasteiger partial charge on any atom is -0.479 e. The Morgan fingerprint density at radius 2 is 1.69 bits per heavy atom. The van der Waals surface area contributed by atoms with Crippen LogP contribution in [0.3, 0.4) is 0 Å². The third kappa shape index (κ3) is 7.38. The number of rotatable bonds is 10. The van der Waals surface area contributed by atoms with Gasteiger partial charge in [-0.3, -0.25) is 0 Å². The maximum Gasteiger partial charge on any atom is 0.417 e. The summed E-state index contributed by atoms with van der Waals surface area (Å²) >= 11 is 0. The van der Waals surface area contributed by atoms with Crippen molar-refractivity contribution >= 4 is 11.7 Å². The summed E-state index contributed by atoms with van der Waals surface area (Å²) < 4.78 is 54.0. The summed E-state index contributed by atoms with van der Waals surface area (Å²) in [6.45, 7) is 1.56. The van der Waals surface area contributed by atoms with Crippen LogP contribution in [-0.2, 0) is 29.0 Å². The number of oxime groups is 1. The Bertz CT molecular complexity index is 1160. The molecule has 1 unspecified atom stereocenters. The van der Waals surface area contributed by atoms with E-state index in [2.05, 4.69) is 10.5 Å². The van der Waals surface area contributed by atoms with Gasteiger partial charge in [-0.2, -0.15) is 13.2 Å². The minimum atomic E-state index is -4.52. The summed E-state index contributed by atoms with van der Waals surface area (Å²) in [5.41, 5.74) is 2.25. The zero-order valence-electron chi connectivity index (χ0n) is 18.8. The highest BCUT2D eigenvalue weighted by atomic mass is 19.4. The second-order valence-corrected chi connectivity index (χ2v) is 7.83. The Balaban J connectivity index is 1.62. The lowest BCUT2D eigenvalue weighted by Crippen LogP contribution is -2.29. The maximum atomic E-state index is 13.7. The molecule has 0 radical (unpaired) electrons. The van der Waals surface area contributed by atoms with Gasteiger partial charge in [-0.15, -0.1) is 0 Å². The number of alkyl halides is 4. The summed E-state index contributed by atoms with van der Waals surface area (Å²) in [5.74, 6) is -1.51. The van der Waals surface area contributed by atoms with Crippen molar-refractivity contribution in [2.45, 2.75) is 32.4 Å². The molecule has 1 atom stereocenters. The topological polar surface area (TPSA) is 70.9 Å². The number of halogens is 4. The third-order valence-corrected chi connectivity index (χ3v) is 5.20. The highest BCUT2D eigenvalue weighted by Gasteiger charge is 2.34. The predicted molar refractivity (Wildman–Crippen MR) is 125 cm³/mol. The van der Waals surface area contributed by atoms with Crippen molar-refractivity contribution in [1.82, 2.24) is 5.32 Å². The van der Waals surface area contributed by atoms with Gasteiger partial charge in [-0.1, -0.05) is 71.9 Å². The molecule has 0 amide bonds. The van der Waals surface area contributed by atoms with E-state index < -0.39 is 23.9 Å². The summed E-state index contributed by atoms with van der Waals surface area (Å²) in [6, 6.07) is 19.5. The molecule has 3 rings (SSSR count). The average molecular weight is 488 g/mol. The molecule has 0 bridgehead atoms. The number of nitrogens with zero attached hydrogens (tertiary/aromatic N) is 1. The number of benzene rings is 3. The molecule has 0 saturated heterocycles. The van der Waals surface area contributed by atoms with Gasteiger partial charge in [0.15, 0.2) is 0 Å². The zero-order chi connectivity index (χ0) is 25.4. The van der Waals surface area contributed by atoms with E-state index in [-0.39, 0.29) is 18.7 Å². The normalized spacial score (nSPS) is 12.9. The molecule has 184 valence electrons. The summed E-state index contributed by atoms with van der Waals surface area (Å²) in [4.78, 5) is 15.8. The second-order valence-electron chi connectivity index (χ2n) is 7.83. The minimum absolute atomic E-state index is 0.0982. The Labute approximate surface area is 200 Å². The largest absolute Gasteiger partial charge is 0.479 e. The standard InChI is InChI=1S/C26H24F4N2O3/c1-17(20-10-7-18(8-11-20)14-31-15-24(27)25(33)34)32-35-16-19-9-12-22(21-5-3-2-4-6-21)23(13-19)26(28,29)30/h2-13,24,31H,14-16H2,1H3,(H,33,34)/b32-17+. The molecular weight excluding hydrogens is 464 g/mol. The number of hydrogen-bond acceptors (Lipinski definition) is 4. The van der Waals surface area contributed by atoms with Crippen LogP contribution in [0.15, 0.2) is 78.0 Å². The fraction of sp³-hybridized carbons (Fsp3) is 0.231. The zero-order valence-corrected chi connectivity index (χ0v) is 18.8. The van der Waals surface area contributed by atoms with Gasteiger partial charge in [0.25, 0.3) is 0 Å². The quantitative estimate of drug-likeness (QED) is 0.214. The van der Waals surface area contributed by atoms with Crippen LogP contribution in [0.1, 0.15) is 29.2 Å². The van der Waals surface area contributed by atoms with Crippen molar-refractivity contribution < 1.29 is 32.3 Å². The molecule has 0 heterocycles. The first-order valence-electron chi connectivity index (χ1n) is 10.7. The average Bonchev–Trinajstić information content (AvgIpc) is 2.84. The van der Waals surface area contributed by atoms with Gasteiger partial charge in [0, 0.05) is 13.1 Å². The molecule has 0 fully saturated rings. The van der Waals surface area contributed by atoms with E-state index in [1.807, 2.05) is 0 Å². The van der Waals surface area contributed by atoms with Crippen molar-refractivity contribution in [2.75, 3.05) is 6.54 Å². The van der Waals surface area contributed by atoms with Crippen molar-refractivity contribution in [1.29, 1.82) is 0 Å². The molecule has 0 aliphatic carbocycles. The maximum absolute atomic E-state index is 13.7. The Kier molecular flexibility index (Phi) is 8.59. The summed E-state index contributed by atoms with van der Waals surface area (Å²) in [7, 11) is 0. The molecule has 2 N–H and O–H groups in total. The monoisotopic (exact) mass is 488 g/mol. The van der Waals surface area contributed by atoms with Crippen molar-refractivity contribution in [3.63, 3.8) is 0 Å². The number of aliphatic carboxylic acids is 1. The molecule has 3 aromatic carbocycles. The molecule has 0 saturated carbocycles. The van der Waals surface area contributed by atoms with Crippen LogP contribution in [0.4, 0.5) is 17.6 Å². The Hall–Kier alpha value is -3.72. The number of nitrogens with one attached hydrogen (secondary N) is 1. The number of carboxylic acid groups (broad SMARTS) is 1. The lowest BCUT2D eigenvalue weighted by atomic mass is 9.97. The van der Waals surface area contributed by atoms with Crippen molar-refractivity contribution in [3.8, 4) is 11.1 Å². The van der Waals surface area contributed by atoms with Crippen LogP contribution in [0.25, 0.3) is 11.1 Å². The SMILES string of the molecule is C/C(=N\OCc1ccc(-c2ccccc2)c(C(F)(F)F)c1)c1ccc(CNCC(F)C(=O)O)cc1. The summed E-state index contributed by atoms with van der Waals surface area (Å²) in [6.07, 6.45) is -6.49. The molecule has 3 aromatic rings. The lowest BCUT2D eigenvalue weighted by Gasteiger charge is -2.14. The molecule has 5 nitrogen and oxygen atoms in total. The van der Waals surface area contributed by atoms with Crippen LogP contribution in [0.2, 0.25) is 0 Å². The predicted octanol–water partition coefficient (Wildman–Crippen LogP) is 5.83. The molecule has 35 heavy (non-hydrogen) atoms. The van der Waals surface area contributed by atoms with E-state index in [9.17, 15) is 22.4 Å². The Morgan fingerprint density at radius 3 is 2.31 bits per heavy atom. The van der Waals surface area contributed by atoms with Crippen LogP contribution < -0.4 is 5.32 Å². The highest BCUT2D eigenvalue weighted by molar-refractivity contribution is 5.98. The second kappa shape index (κ2) is 11.6.